The van der Waals surface area contributed by atoms with Crippen LogP contribution in [-0.2, 0) is 0 Å². The van der Waals surface area contributed by atoms with Gasteiger partial charge in [-0.05, 0) is 25.1 Å². The number of hydrogen-bond donors (Lipinski definition) is 2. The van der Waals surface area contributed by atoms with Gasteiger partial charge in [0.25, 0.3) is 0 Å². The zero-order chi connectivity index (χ0) is 18.7. The fourth-order valence-corrected chi connectivity index (χ4v) is 3.85. The fourth-order valence-electron chi connectivity index (χ4n) is 2.77. The van der Waals surface area contributed by atoms with Crippen LogP contribution < -0.4 is 14.2 Å². The molecule has 0 radical (unpaired) electrons. The molecule has 2 heterocycles. The van der Waals surface area contributed by atoms with E-state index in [1.54, 1.807) is 18.9 Å². The maximum atomic E-state index is 5.82. The first-order valence-corrected chi connectivity index (χ1v) is 9.79. The number of thiol groups is 1. The van der Waals surface area contributed by atoms with Gasteiger partial charge in [0, 0.05) is 23.1 Å². The van der Waals surface area contributed by atoms with E-state index in [2.05, 4.69) is 47.0 Å². The highest BCUT2D eigenvalue weighted by Gasteiger charge is 2.14. The second-order valence-corrected chi connectivity index (χ2v) is 7.84. The number of methoxy groups -OCH3 is 1. The van der Waals surface area contributed by atoms with Crippen LogP contribution in [-0.4, -0.2) is 28.4 Å². The van der Waals surface area contributed by atoms with Gasteiger partial charge in [0.1, 0.15) is 17.1 Å². The van der Waals surface area contributed by atoms with Crippen molar-refractivity contribution in [1.82, 2.24) is 9.38 Å². The minimum Gasteiger partial charge on any atom is -0.495 e. The van der Waals surface area contributed by atoms with E-state index in [0.29, 0.717) is 11.9 Å². The van der Waals surface area contributed by atoms with Crippen LogP contribution in [0.4, 0.5) is 5.69 Å². The number of ether oxygens (including phenoxy) is 2. The third-order valence-electron chi connectivity index (χ3n) is 3.85. The molecular weight excluding hydrogens is 366 g/mol. The summed E-state index contributed by atoms with van der Waals surface area (Å²) in [4.78, 5) is 5.67. The smallest absolute Gasteiger partial charge is 0.142 e. The van der Waals surface area contributed by atoms with E-state index in [1.165, 1.54) is 0 Å². The monoisotopic (exact) mass is 389 g/mol. The zero-order valence-corrected chi connectivity index (χ0v) is 17.0. The van der Waals surface area contributed by atoms with E-state index in [-0.39, 0.29) is 0 Å². The van der Waals surface area contributed by atoms with E-state index >= 15 is 0 Å². The van der Waals surface area contributed by atoms with E-state index < -0.39 is 0 Å². The Bertz CT molecular complexity index is 909. The SMILES string of the molecule is CCOc1cc2ncc(-c3ccc(OC)c(NS)c3)n2cc1SC(C)C. The number of benzene rings is 1. The topological polar surface area (TPSA) is 47.8 Å². The van der Waals surface area contributed by atoms with Crippen molar-refractivity contribution in [2.45, 2.75) is 30.9 Å². The van der Waals surface area contributed by atoms with Gasteiger partial charge in [-0.1, -0.05) is 26.7 Å². The molecule has 0 fully saturated rings. The van der Waals surface area contributed by atoms with Crippen molar-refractivity contribution in [3.05, 3.63) is 36.7 Å². The number of nitrogens with zero attached hydrogens (tertiary/aromatic N) is 2. The van der Waals surface area contributed by atoms with Crippen LogP contribution >= 0.6 is 24.6 Å². The number of fused-ring (bicyclic) bond motifs is 1. The maximum absolute atomic E-state index is 5.82. The molecule has 7 heteroatoms. The van der Waals surface area contributed by atoms with Crippen LogP contribution in [0.3, 0.4) is 0 Å². The van der Waals surface area contributed by atoms with Crippen molar-refractivity contribution in [1.29, 1.82) is 0 Å². The molecule has 3 rings (SSSR count). The summed E-state index contributed by atoms with van der Waals surface area (Å²) in [5.74, 6) is 1.62. The zero-order valence-electron chi connectivity index (χ0n) is 15.3. The van der Waals surface area contributed by atoms with Gasteiger partial charge in [-0.25, -0.2) is 4.98 Å². The molecule has 2 aromatic heterocycles. The number of rotatable bonds is 7. The second kappa shape index (κ2) is 8.14. The summed E-state index contributed by atoms with van der Waals surface area (Å²) in [5, 5.41) is 0.458. The van der Waals surface area contributed by atoms with Crippen LogP contribution in [0.25, 0.3) is 16.9 Å². The van der Waals surface area contributed by atoms with Crippen LogP contribution in [0.2, 0.25) is 0 Å². The van der Waals surface area contributed by atoms with Crippen LogP contribution in [0.1, 0.15) is 20.8 Å². The number of nitrogens with one attached hydrogen (secondary N) is 1. The number of imidazole rings is 1. The Kier molecular flexibility index (Phi) is 5.88. The van der Waals surface area contributed by atoms with E-state index in [0.717, 1.165) is 39.0 Å². The van der Waals surface area contributed by atoms with E-state index in [9.17, 15) is 0 Å². The Hall–Kier alpha value is -1.99. The van der Waals surface area contributed by atoms with E-state index in [1.807, 2.05) is 37.4 Å². The molecule has 138 valence electrons. The highest BCUT2D eigenvalue weighted by atomic mass is 32.2. The number of anilines is 1. The lowest BCUT2D eigenvalue weighted by Crippen LogP contribution is -1.99. The molecule has 0 aliphatic heterocycles. The van der Waals surface area contributed by atoms with Gasteiger partial charge in [-0.3, -0.25) is 4.40 Å². The average Bonchev–Trinajstić information content (AvgIpc) is 3.03. The van der Waals surface area contributed by atoms with Crippen molar-refractivity contribution < 1.29 is 9.47 Å². The Labute approximate surface area is 163 Å². The summed E-state index contributed by atoms with van der Waals surface area (Å²) in [7, 11) is 1.64. The van der Waals surface area contributed by atoms with Crippen molar-refractivity contribution in [2.75, 3.05) is 18.4 Å². The molecule has 1 N–H and O–H groups in total. The van der Waals surface area contributed by atoms with Crippen LogP contribution in [0.5, 0.6) is 11.5 Å². The molecular formula is C19H23N3O2S2. The molecule has 26 heavy (non-hydrogen) atoms. The lowest BCUT2D eigenvalue weighted by Gasteiger charge is -2.14. The summed E-state index contributed by atoms with van der Waals surface area (Å²) < 4.78 is 16.1. The van der Waals surface area contributed by atoms with Crippen LogP contribution in [0.15, 0.2) is 41.6 Å². The van der Waals surface area contributed by atoms with Crippen molar-refractivity contribution in [2.24, 2.45) is 0 Å². The predicted octanol–water partition coefficient (Wildman–Crippen LogP) is 5.17. The minimum absolute atomic E-state index is 0.458. The first kappa shape index (κ1) is 18.8. The van der Waals surface area contributed by atoms with E-state index in [4.69, 9.17) is 9.47 Å². The molecule has 0 saturated carbocycles. The Morgan fingerprint density at radius 1 is 1.27 bits per heavy atom. The Morgan fingerprint density at radius 3 is 2.73 bits per heavy atom. The van der Waals surface area contributed by atoms with Gasteiger partial charge in [0.15, 0.2) is 0 Å². The Balaban J connectivity index is 2.12. The van der Waals surface area contributed by atoms with Gasteiger partial charge in [0.2, 0.25) is 0 Å². The average molecular weight is 390 g/mol. The quantitative estimate of drug-likeness (QED) is 0.431. The predicted molar refractivity (Wildman–Crippen MR) is 112 cm³/mol. The molecule has 0 bridgehead atoms. The van der Waals surface area contributed by atoms with Gasteiger partial charge in [-0.15, -0.1) is 11.8 Å². The number of aromatic nitrogens is 2. The second-order valence-electron chi connectivity index (χ2n) is 6.00. The third-order valence-corrected chi connectivity index (χ3v) is 5.13. The van der Waals surface area contributed by atoms with Crippen LogP contribution in [0, 0.1) is 0 Å². The molecule has 0 aliphatic carbocycles. The van der Waals surface area contributed by atoms with Gasteiger partial charge in [-0.2, -0.15) is 0 Å². The molecule has 0 unspecified atom stereocenters. The Morgan fingerprint density at radius 2 is 2.08 bits per heavy atom. The van der Waals surface area contributed by atoms with Gasteiger partial charge < -0.3 is 14.2 Å². The molecule has 1 aromatic carbocycles. The van der Waals surface area contributed by atoms with Crippen molar-refractivity contribution >= 4 is 35.9 Å². The van der Waals surface area contributed by atoms with Crippen molar-refractivity contribution in [3.8, 4) is 22.8 Å². The highest BCUT2D eigenvalue weighted by Crippen LogP contribution is 2.36. The van der Waals surface area contributed by atoms with Crippen molar-refractivity contribution in [3.63, 3.8) is 0 Å². The first-order chi connectivity index (χ1) is 12.6. The molecule has 0 atom stereocenters. The molecule has 0 aliphatic rings. The third kappa shape index (κ3) is 3.73. The maximum Gasteiger partial charge on any atom is 0.142 e. The summed E-state index contributed by atoms with van der Waals surface area (Å²) in [6, 6.07) is 7.94. The summed E-state index contributed by atoms with van der Waals surface area (Å²) in [6.45, 7) is 6.97. The first-order valence-electron chi connectivity index (χ1n) is 8.46. The summed E-state index contributed by atoms with van der Waals surface area (Å²) >= 11 is 5.95. The van der Waals surface area contributed by atoms with Gasteiger partial charge in [0.05, 0.1) is 36.2 Å². The minimum atomic E-state index is 0.458. The molecule has 0 amide bonds. The molecule has 3 aromatic rings. The highest BCUT2D eigenvalue weighted by molar-refractivity contribution is 8.00. The number of hydrogen-bond acceptors (Lipinski definition) is 6. The number of thioether (sulfide) groups is 1. The molecule has 5 nitrogen and oxygen atoms in total. The molecule has 0 spiro atoms. The molecule has 0 saturated heterocycles. The standard InChI is InChI=1S/C19H23N3O2S2/c1-5-24-17-9-19-20-10-15(22(19)11-18(17)26-12(2)3)13-6-7-16(23-4)14(8-13)21-25/h6-12,21,25H,5H2,1-4H3. The van der Waals surface area contributed by atoms with Gasteiger partial charge >= 0.3 is 0 Å². The summed E-state index contributed by atoms with van der Waals surface area (Å²) in [6.07, 6.45) is 3.98. The normalized spacial score (nSPS) is 11.2. The number of pyridine rings is 1. The summed E-state index contributed by atoms with van der Waals surface area (Å²) in [5.41, 5.74) is 3.69. The lowest BCUT2D eigenvalue weighted by atomic mass is 10.1. The fraction of sp³-hybridized carbons (Fsp3) is 0.316. The largest absolute Gasteiger partial charge is 0.495 e. The lowest BCUT2D eigenvalue weighted by molar-refractivity contribution is 0.332.